The zero-order valence-corrected chi connectivity index (χ0v) is 12.3. The number of nitrogens with one attached hydrogen (secondary N) is 1. The Balaban J connectivity index is 2.02. The first kappa shape index (κ1) is 16.7. The number of para-hydroxylation sites is 3. The molecule has 2 rings (SSSR count). The Morgan fingerprint density at radius 1 is 1.09 bits per heavy atom. The van der Waals surface area contributed by atoms with Crippen LogP contribution in [0.1, 0.15) is 0 Å². The Morgan fingerprint density at radius 3 is 2.35 bits per heavy atom. The maximum Gasteiger partial charge on any atom is 0.573 e. The van der Waals surface area contributed by atoms with E-state index in [1.165, 1.54) is 23.1 Å². The summed E-state index contributed by atoms with van der Waals surface area (Å²) in [5, 5.41) is 2.67. The summed E-state index contributed by atoms with van der Waals surface area (Å²) < 4.78 is 41.0. The number of carbonyl (C=O) groups excluding carboxylic acids is 1. The Labute approximate surface area is 131 Å². The Bertz CT molecular complexity index is 660. The molecule has 1 N–H and O–H groups in total. The predicted molar refractivity (Wildman–Crippen MR) is 81.5 cm³/mol. The first-order valence-corrected chi connectivity index (χ1v) is 6.77. The lowest BCUT2D eigenvalue weighted by molar-refractivity contribution is -0.274. The van der Waals surface area contributed by atoms with Gasteiger partial charge in [-0.05, 0) is 24.3 Å². The molecule has 122 valence electrons. The minimum Gasteiger partial charge on any atom is -0.404 e. The fourth-order valence-electron chi connectivity index (χ4n) is 1.91. The number of anilines is 2. The molecular weight excluding hydrogens is 309 g/mol. The lowest BCUT2D eigenvalue weighted by Gasteiger charge is -2.19. The summed E-state index contributed by atoms with van der Waals surface area (Å²) in [6.45, 7) is -0.163. The molecule has 0 heterocycles. The molecular formula is C16H15F3N2O2. The maximum atomic E-state index is 12.3. The largest absolute Gasteiger partial charge is 0.573 e. The van der Waals surface area contributed by atoms with Gasteiger partial charge in [0.25, 0.3) is 0 Å². The van der Waals surface area contributed by atoms with Gasteiger partial charge in [-0.3, -0.25) is 4.79 Å². The van der Waals surface area contributed by atoms with Crippen molar-refractivity contribution in [2.45, 2.75) is 6.36 Å². The Hall–Kier alpha value is -2.70. The fourth-order valence-corrected chi connectivity index (χ4v) is 1.91. The van der Waals surface area contributed by atoms with Crippen LogP contribution in [0.4, 0.5) is 24.5 Å². The number of nitrogens with zero attached hydrogens (tertiary/aromatic N) is 1. The van der Waals surface area contributed by atoms with Gasteiger partial charge in [-0.1, -0.05) is 30.3 Å². The van der Waals surface area contributed by atoms with Crippen LogP contribution in [-0.4, -0.2) is 25.9 Å². The molecule has 0 aliphatic rings. The van der Waals surface area contributed by atoms with Crippen LogP contribution in [-0.2, 0) is 4.79 Å². The van der Waals surface area contributed by atoms with Crippen molar-refractivity contribution in [1.29, 1.82) is 0 Å². The second-order valence-electron chi connectivity index (χ2n) is 4.69. The lowest BCUT2D eigenvalue weighted by atomic mass is 10.2. The van der Waals surface area contributed by atoms with Gasteiger partial charge < -0.3 is 15.0 Å². The molecule has 1 amide bonds. The van der Waals surface area contributed by atoms with E-state index in [0.717, 1.165) is 0 Å². The van der Waals surface area contributed by atoms with Crippen LogP contribution in [0.3, 0.4) is 0 Å². The van der Waals surface area contributed by atoms with Gasteiger partial charge in [0.2, 0.25) is 5.91 Å². The van der Waals surface area contributed by atoms with Gasteiger partial charge in [0.1, 0.15) is 0 Å². The summed E-state index contributed by atoms with van der Waals surface area (Å²) in [5.74, 6) is -0.673. The van der Waals surface area contributed by atoms with Crippen molar-refractivity contribution in [3.63, 3.8) is 0 Å². The number of hydrogen-bond donors (Lipinski definition) is 1. The normalized spacial score (nSPS) is 11.0. The molecule has 23 heavy (non-hydrogen) atoms. The maximum absolute atomic E-state index is 12.3. The van der Waals surface area contributed by atoms with Crippen LogP contribution in [0.5, 0.6) is 5.75 Å². The summed E-state index contributed by atoms with van der Waals surface area (Å²) in [6.07, 6.45) is -4.79. The molecule has 2 aromatic carbocycles. The number of amides is 1. The van der Waals surface area contributed by atoms with Gasteiger partial charge in [-0.2, -0.15) is 0 Å². The Morgan fingerprint density at radius 2 is 1.70 bits per heavy atom. The number of likely N-dealkylation sites (N-methyl/N-ethyl adjacent to an activating group) is 1. The molecule has 2 aromatic rings. The van der Waals surface area contributed by atoms with E-state index >= 15 is 0 Å². The van der Waals surface area contributed by atoms with E-state index in [2.05, 4.69) is 10.1 Å². The Kier molecular flexibility index (Phi) is 5.10. The summed E-state index contributed by atoms with van der Waals surface area (Å²) >= 11 is 0. The molecule has 7 heteroatoms. The smallest absolute Gasteiger partial charge is 0.404 e. The van der Waals surface area contributed by atoms with Crippen LogP contribution in [0.2, 0.25) is 0 Å². The van der Waals surface area contributed by atoms with Gasteiger partial charge in [0.05, 0.1) is 12.2 Å². The summed E-state index contributed by atoms with van der Waals surface area (Å²) in [7, 11) is 1.59. The van der Waals surface area contributed by atoms with Crippen LogP contribution in [0, 0.1) is 0 Å². The van der Waals surface area contributed by atoms with Crippen LogP contribution in [0.25, 0.3) is 0 Å². The third-order valence-electron chi connectivity index (χ3n) is 3.06. The molecule has 0 aliphatic carbocycles. The fraction of sp³-hybridized carbons (Fsp3) is 0.188. The number of carbonyl (C=O) groups is 1. The van der Waals surface area contributed by atoms with Crippen molar-refractivity contribution >= 4 is 17.3 Å². The second kappa shape index (κ2) is 7.04. The van der Waals surface area contributed by atoms with Crippen molar-refractivity contribution < 1.29 is 22.7 Å². The number of ether oxygens (including phenoxy) is 1. The molecule has 0 aromatic heterocycles. The predicted octanol–water partition coefficient (Wildman–Crippen LogP) is 3.66. The van der Waals surface area contributed by atoms with Crippen LogP contribution < -0.4 is 15.0 Å². The minimum absolute atomic E-state index is 0.0969. The zero-order chi connectivity index (χ0) is 16.9. The number of hydrogen-bond acceptors (Lipinski definition) is 3. The SMILES string of the molecule is CN(C(=O)CNc1ccccc1OC(F)(F)F)c1ccccc1. The summed E-state index contributed by atoms with van der Waals surface area (Å²) in [5.41, 5.74) is 0.791. The van der Waals surface area contributed by atoms with Gasteiger partial charge in [-0.25, -0.2) is 0 Å². The molecule has 4 nitrogen and oxygen atoms in total. The van der Waals surface area contributed by atoms with Gasteiger partial charge >= 0.3 is 6.36 Å². The number of alkyl halides is 3. The van der Waals surface area contributed by atoms with Gasteiger partial charge in [-0.15, -0.1) is 13.2 Å². The van der Waals surface area contributed by atoms with Crippen molar-refractivity contribution in [3.8, 4) is 5.75 Å². The first-order valence-electron chi connectivity index (χ1n) is 6.77. The highest BCUT2D eigenvalue weighted by molar-refractivity contribution is 5.95. The first-order chi connectivity index (χ1) is 10.9. The highest BCUT2D eigenvalue weighted by Crippen LogP contribution is 2.29. The lowest BCUT2D eigenvalue weighted by Crippen LogP contribution is -2.32. The quantitative estimate of drug-likeness (QED) is 0.912. The average Bonchev–Trinajstić information content (AvgIpc) is 2.52. The monoisotopic (exact) mass is 324 g/mol. The van der Waals surface area contributed by atoms with E-state index in [1.807, 2.05) is 6.07 Å². The molecule has 0 aliphatic heterocycles. The second-order valence-corrected chi connectivity index (χ2v) is 4.69. The minimum atomic E-state index is -4.79. The third kappa shape index (κ3) is 4.91. The molecule has 0 spiro atoms. The van der Waals surface area contributed by atoms with E-state index in [4.69, 9.17) is 0 Å². The van der Waals surface area contributed by atoms with E-state index < -0.39 is 6.36 Å². The average molecular weight is 324 g/mol. The van der Waals surface area contributed by atoms with E-state index in [0.29, 0.717) is 5.69 Å². The topological polar surface area (TPSA) is 41.6 Å². The van der Waals surface area contributed by atoms with Crippen molar-refractivity contribution in [3.05, 3.63) is 54.6 Å². The van der Waals surface area contributed by atoms with Gasteiger partial charge in [0, 0.05) is 12.7 Å². The molecule has 0 bridgehead atoms. The summed E-state index contributed by atoms with van der Waals surface area (Å²) in [6, 6.07) is 14.5. The zero-order valence-electron chi connectivity index (χ0n) is 12.3. The molecule has 0 saturated heterocycles. The highest BCUT2D eigenvalue weighted by atomic mass is 19.4. The molecule has 0 unspecified atom stereocenters. The van der Waals surface area contributed by atoms with Crippen molar-refractivity contribution in [2.24, 2.45) is 0 Å². The molecule has 0 atom stereocenters. The van der Waals surface area contributed by atoms with Crippen molar-refractivity contribution in [2.75, 3.05) is 23.8 Å². The van der Waals surface area contributed by atoms with E-state index in [9.17, 15) is 18.0 Å². The van der Waals surface area contributed by atoms with E-state index in [-0.39, 0.29) is 23.9 Å². The van der Waals surface area contributed by atoms with Crippen LogP contribution >= 0.6 is 0 Å². The van der Waals surface area contributed by atoms with E-state index in [1.54, 1.807) is 37.4 Å². The number of rotatable bonds is 5. The summed E-state index contributed by atoms with van der Waals surface area (Å²) in [4.78, 5) is 13.5. The molecule has 0 saturated carbocycles. The third-order valence-corrected chi connectivity index (χ3v) is 3.06. The number of benzene rings is 2. The van der Waals surface area contributed by atoms with Crippen LogP contribution in [0.15, 0.2) is 54.6 Å². The molecule has 0 fully saturated rings. The number of halogens is 3. The van der Waals surface area contributed by atoms with Crippen molar-refractivity contribution in [1.82, 2.24) is 0 Å². The molecule has 0 radical (unpaired) electrons. The standard InChI is InChI=1S/C16H15F3N2O2/c1-21(12-7-3-2-4-8-12)15(22)11-20-13-9-5-6-10-14(13)23-16(17,18)19/h2-10,20H,11H2,1H3. The highest BCUT2D eigenvalue weighted by Gasteiger charge is 2.32. The van der Waals surface area contributed by atoms with Gasteiger partial charge in [0.15, 0.2) is 5.75 Å².